The number of likely N-dealkylation sites (tertiary alicyclic amines) is 1. The summed E-state index contributed by atoms with van der Waals surface area (Å²) in [4.78, 5) is 2.64. The first-order chi connectivity index (χ1) is 13.2. The molecular formula is C20H26N6O. The lowest BCUT2D eigenvalue weighted by Crippen LogP contribution is -2.56. The molecule has 2 saturated heterocycles. The van der Waals surface area contributed by atoms with Gasteiger partial charge in [0, 0.05) is 37.8 Å². The van der Waals surface area contributed by atoms with Crippen LogP contribution in [0, 0.1) is 0 Å². The summed E-state index contributed by atoms with van der Waals surface area (Å²) in [6.45, 7) is 5.40. The molecule has 2 aromatic rings. The van der Waals surface area contributed by atoms with E-state index in [1.807, 2.05) is 24.3 Å². The summed E-state index contributed by atoms with van der Waals surface area (Å²) in [6, 6.07) is 9.95. The Hall–Kier alpha value is -2.38. The largest absolute Gasteiger partial charge is 0.507 e. The van der Waals surface area contributed by atoms with Crippen LogP contribution in [0.25, 0.3) is 11.3 Å². The van der Waals surface area contributed by atoms with Crippen molar-refractivity contribution in [2.45, 2.75) is 30.8 Å². The second-order valence-electron chi connectivity index (χ2n) is 7.95. The van der Waals surface area contributed by atoms with Gasteiger partial charge in [0.15, 0.2) is 5.82 Å². The van der Waals surface area contributed by atoms with Crippen LogP contribution >= 0.6 is 0 Å². The summed E-state index contributed by atoms with van der Waals surface area (Å²) < 4.78 is 0. The van der Waals surface area contributed by atoms with Crippen molar-refractivity contribution in [3.8, 4) is 17.0 Å². The molecule has 0 saturated carbocycles. The van der Waals surface area contributed by atoms with Crippen LogP contribution in [-0.2, 0) is 0 Å². The van der Waals surface area contributed by atoms with Crippen molar-refractivity contribution in [2.75, 3.05) is 43.4 Å². The van der Waals surface area contributed by atoms with Crippen LogP contribution in [0.4, 0.5) is 11.5 Å². The average Bonchev–Trinajstić information content (AvgIpc) is 3.23. The van der Waals surface area contributed by atoms with Gasteiger partial charge >= 0.3 is 0 Å². The molecule has 0 bridgehead atoms. The van der Waals surface area contributed by atoms with E-state index < -0.39 is 0 Å². The number of benzene rings is 1. The van der Waals surface area contributed by atoms with Crippen LogP contribution in [0.15, 0.2) is 30.3 Å². The second-order valence-corrected chi connectivity index (χ2v) is 7.95. The molecule has 1 aromatic carbocycles. The zero-order valence-corrected chi connectivity index (χ0v) is 15.4. The maximum absolute atomic E-state index is 10.1. The predicted molar refractivity (Wildman–Crippen MR) is 106 cm³/mol. The van der Waals surface area contributed by atoms with Crippen LogP contribution in [0.5, 0.6) is 5.75 Å². The normalized spacial score (nSPS) is 24.2. The fourth-order valence-electron chi connectivity index (χ4n) is 4.59. The van der Waals surface area contributed by atoms with E-state index >= 15 is 0 Å². The molecule has 4 heterocycles. The zero-order valence-electron chi connectivity index (χ0n) is 15.4. The highest BCUT2D eigenvalue weighted by Crippen LogP contribution is 2.37. The second kappa shape index (κ2) is 6.65. The fraction of sp³-hybridized carbons (Fsp3) is 0.500. The SMILES string of the molecule is Oc1ccccc1-c1cc2c(nn1)NCC1(CCN(C3CCNC3)CC1)N2. The molecule has 7 heteroatoms. The van der Waals surface area contributed by atoms with Crippen molar-refractivity contribution in [1.29, 1.82) is 0 Å². The minimum Gasteiger partial charge on any atom is -0.507 e. The molecule has 3 aliphatic rings. The lowest BCUT2D eigenvalue weighted by atomic mass is 9.85. The Morgan fingerprint density at radius 2 is 2.00 bits per heavy atom. The number of aromatic nitrogens is 2. The number of phenols is 1. The summed E-state index contributed by atoms with van der Waals surface area (Å²) in [5, 5.41) is 29.5. The Bertz CT molecular complexity index is 827. The third kappa shape index (κ3) is 3.11. The number of hydrogen-bond acceptors (Lipinski definition) is 7. The smallest absolute Gasteiger partial charge is 0.172 e. The van der Waals surface area contributed by atoms with Crippen molar-refractivity contribution < 1.29 is 5.11 Å². The number of para-hydroxylation sites is 1. The summed E-state index contributed by atoms with van der Waals surface area (Å²) in [6.07, 6.45) is 3.50. The first-order valence-electron chi connectivity index (χ1n) is 9.85. The van der Waals surface area contributed by atoms with Gasteiger partial charge in [0.05, 0.1) is 16.9 Å². The third-order valence-corrected chi connectivity index (χ3v) is 6.27. The maximum atomic E-state index is 10.1. The number of fused-ring (bicyclic) bond motifs is 1. The van der Waals surface area contributed by atoms with E-state index in [0.29, 0.717) is 17.3 Å². The quantitative estimate of drug-likeness (QED) is 0.646. The highest BCUT2D eigenvalue weighted by molar-refractivity contribution is 5.76. The van der Waals surface area contributed by atoms with E-state index in [1.165, 1.54) is 6.42 Å². The Labute approximate surface area is 159 Å². The summed E-state index contributed by atoms with van der Waals surface area (Å²) >= 11 is 0. The maximum Gasteiger partial charge on any atom is 0.172 e. The van der Waals surface area contributed by atoms with Gasteiger partial charge in [-0.25, -0.2) is 0 Å². The fourth-order valence-corrected chi connectivity index (χ4v) is 4.59. The van der Waals surface area contributed by atoms with E-state index in [2.05, 4.69) is 31.0 Å². The van der Waals surface area contributed by atoms with Crippen molar-refractivity contribution in [1.82, 2.24) is 20.4 Å². The Kier molecular flexibility index (Phi) is 4.13. The minimum atomic E-state index is 0.0641. The van der Waals surface area contributed by atoms with Gasteiger partial charge in [-0.15, -0.1) is 10.2 Å². The van der Waals surface area contributed by atoms with E-state index in [0.717, 1.165) is 57.1 Å². The van der Waals surface area contributed by atoms with Crippen LogP contribution in [0.3, 0.4) is 0 Å². The lowest BCUT2D eigenvalue weighted by Gasteiger charge is -2.47. The van der Waals surface area contributed by atoms with Gasteiger partial charge in [-0.05, 0) is 44.0 Å². The number of phenolic OH excluding ortho intramolecular Hbond substituents is 1. The van der Waals surface area contributed by atoms with Crippen molar-refractivity contribution in [2.24, 2.45) is 0 Å². The molecule has 1 spiro atoms. The van der Waals surface area contributed by atoms with E-state index in [-0.39, 0.29) is 11.3 Å². The van der Waals surface area contributed by atoms with Gasteiger partial charge in [-0.2, -0.15) is 0 Å². The predicted octanol–water partition coefficient (Wildman–Crippen LogP) is 1.88. The van der Waals surface area contributed by atoms with Crippen LogP contribution in [0.2, 0.25) is 0 Å². The molecule has 7 nitrogen and oxygen atoms in total. The first-order valence-corrected chi connectivity index (χ1v) is 9.85. The van der Waals surface area contributed by atoms with Gasteiger partial charge in [0.25, 0.3) is 0 Å². The molecular weight excluding hydrogens is 340 g/mol. The monoisotopic (exact) mass is 366 g/mol. The van der Waals surface area contributed by atoms with Gasteiger partial charge in [0.1, 0.15) is 5.75 Å². The van der Waals surface area contributed by atoms with Gasteiger partial charge in [-0.1, -0.05) is 12.1 Å². The molecule has 1 atom stereocenters. The van der Waals surface area contributed by atoms with E-state index in [9.17, 15) is 5.11 Å². The molecule has 0 radical (unpaired) electrons. The Balaban J connectivity index is 1.35. The number of nitrogens with one attached hydrogen (secondary N) is 3. The first kappa shape index (κ1) is 16.8. The van der Waals surface area contributed by atoms with E-state index in [1.54, 1.807) is 6.07 Å². The van der Waals surface area contributed by atoms with Crippen LogP contribution in [-0.4, -0.2) is 64.5 Å². The number of hydrogen-bond donors (Lipinski definition) is 4. The number of anilines is 2. The Morgan fingerprint density at radius 1 is 1.15 bits per heavy atom. The molecule has 27 heavy (non-hydrogen) atoms. The standard InChI is InChI=1S/C20H26N6O/c27-18-4-2-1-3-15(18)16-11-17-19(25-24-16)22-13-20(23-17)6-9-26(10-7-20)14-5-8-21-12-14/h1-4,11,14,21,23,27H,5-10,12-13H2,(H,22,25). The van der Waals surface area contributed by atoms with Crippen molar-refractivity contribution in [3.05, 3.63) is 30.3 Å². The number of piperidine rings is 1. The van der Waals surface area contributed by atoms with Crippen molar-refractivity contribution >= 4 is 11.5 Å². The minimum absolute atomic E-state index is 0.0641. The van der Waals surface area contributed by atoms with E-state index in [4.69, 9.17) is 0 Å². The molecule has 142 valence electrons. The molecule has 4 N–H and O–H groups in total. The molecule has 1 aromatic heterocycles. The number of nitrogens with zero attached hydrogens (tertiary/aromatic N) is 3. The van der Waals surface area contributed by atoms with Crippen LogP contribution in [0.1, 0.15) is 19.3 Å². The highest BCUT2D eigenvalue weighted by atomic mass is 16.3. The summed E-state index contributed by atoms with van der Waals surface area (Å²) in [5.41, 5.74) is 2.44. The Morgan fingerprint density at radius 3 is 2.78 bits per heavy atom. The van der Waals surface area contributed by atoms with Gasteiger partial charge in [0.2, 0.25) is 0 Å². The lowest BCUT2D eigenvalue weighted by molar-refractivity contribution is 0.136. The summed E-state index contributed by atoms with van der Waals surface area (Å²) in [5.74, 6) is 1.02. The number of rotatable bonds is 2. The zero-order chi connectivity index (χ0) is 18.3. The topological polar surface area (TPSA) is 85.3 Å². The third-order valence-electron chi connectivity index (χ3n) is 6.27. The van der Waals surface area contributed by atoms with Crippen LogP contribution < -0.4 is 16.0 Å². The molecule has 0 aliphatic carbocycles. The molecule has 5 rings (SSSR count). The molecule has 1 unspecified atom stereocenters. The van der Waals surface area contributed by atoms with Gasteiger partial charge in [-0.3, -0.25) is 4.90 Å². The highest BCUT2D eigenvalue weighted by Gasteiger charge is 2.39. The van der Waals surface area contributed by atoms with Crippen molar-refractivity contribution in [3.63, 3.8) is 0 Å². The van der Waals surface area contributed by atoms with Gasteiger partial charge < -0.3 is 21.1 Å². The summed E-state index contributed by atoms with van der Waals surface area (Å²) in [7, 11) is 0. The molecule has 3 aliphatic heterocycles. The molecule has 2 fully saturated rings. The molecule has 0 amide bonds. The number of aromatic hydroxyl groups is 1. The average molecular weight is 366 g/mol.